The van der Waals surface area contributed by atoms with Crippen molar-refractivity contribution in [1.82, 2.24) is 15.1 Å². The van der Waals surface area contributed by atoms with Crippen LogP contribution in [0, 0.1) is 5.92 Å². The van der Waals surface area contributed by atoms with Crippen LogP contribution in [0.25, 0.3) is 0 Å². The predicted molar refractivity (Wildman–Crippen MR) is 69.1 cm³/mol. The Labute approximate surface area is 108 Å². The highest BCUT2D eigenvalue weighted by Gasteiger charge is 2.25. The second-order valence-electron chi connectivity index (χ2n) is 5.09. The van der Waals surface area contributed by atoms with Crippen LogP contribution in [0.4, 0.5) is 0 Å². The van der Waals surface area contributed by atoms with Crippen molar-refractivity contribution in [3.8, 4) is 5.75 Å². The number of Topliss-reactive ketones (excluding diaryl/α,β-unsaturated/α-hetero) is 1. The first-order chi connectivity index (χ1) is 8.63. The van der Waals surface area contributed by atoms with Crippen LogP contribution in [-0.2, 0) is 0 Å². The summed E-state index contributed by atoms with van der Waals surface area (Å²) in [6.45, 7) is 5.98. The molecule has 1 saturated heterocycles. The molecule has 1 unspecified atom stereocenters. The minimum absolute atomic E-state index is 0.131. The van der Waals surface area contributed by atoms with Gasteiger partial charge >= 0.3 is 0 Å². The molecule has 0 radical (unpaired) electrons. The molecule has 1 aliphatic rings. The largest absolute Gasteiger partial charge is 0.493 e. The quantitative estimate of drug-likeness (QED) is 0.809. The molecule has 0 saturated carbocycles. The topological polar surface area (TPSA) is 56.2 Å². The molecule has 1 aromatic rings. The van der Waals surface area contributed by atoms with Gasteiger partial charge in [0.05, 0.1) is 13.3 Å². The van der Waals surface area contributed by atoms with E-state index in [-0.39, 0.29) is 11.8 Å². The molecule has 0 bridgehead atoms. The van der Waals surface area contributed by atoms with E-state index in [0.717, 1.165) is 19.5 Å². The number of nitrogens with zero attached hydrogens (tertiary/aromatic N) is 2. The summed E-state index contributed by atoms with van der Waals surface area (Å²) < 4.78 is 7.00. The number of nitrogens with one attached hydrogen (secondary N) is 1. The fourth-order valence-corrected chi connectivity index (χ4v) is 2.40. The first-order valence-electron chi connectivity index (χ1n) is 6.49. The minimum Gasteiger partial charge on any atom is -0.493 e. The van der Waals surface area contributed by atoms with Crippen molar-refractivity contribution in [2.24, 2.45) is 5.92 Å². The zero-order valence-electron chi connectivity index (χ0n) is 11.3. The van der Waals surface area contributed by atoms with Crippen LogP contribution in [0.3, 0.4) is 0 Å². The van der Waals surface area contributed by atoms with Gasteiger partial charge < -0.3 is 10.1 Å². The normalized spacial score (nSPS) is 19.4. The van der Waals surface area contributed by atoms with Crippen molar-refractivity contribution in [2.45, 2.75) is 32.7 Å². The Hall–Kier alpha value is -1.36. The number of carbonyl (C=O) groups excluding carboxylic acids is 1. The lowest BCUT2D eigenvalue weighted by Crippen LogP contribution is -2.17. The van der Waals surface area contributed by atoms with Crippen LogP contribution >= 0.6 is 0 Å². The zero-order chi connectivity index (χ0) is 13.1. The number of aromatic nitrogens is 2. The highest BCUT2D eigenvalue weighted by Crippen LogP contribution is 2.25. The van der Waals surface area contributed by atoms with Gasteiger partial charge in [-0.1, -0.05) is 0 Å². The molecule has 1 N–H and O–H groups in total. The Morgan fingerprint density at radius 2 is 2.44 bits per heavy atom. The lowest BCUT2D eigenvalue weighted by molar-refractivity contribution is 0.0949. The van der Waals surface area contributed by atoms with E-state index in [0.29, 0.717) is 23.8 Å². The fraction of sp³-hybridized carbons (Fsp3) is 0.692. The van der Waals surface area contributed by atoms with Gasteiger partial charge in [-0.25, -0.2) is 0 Å². The summed E-state index contributed by atoms with van der Waals surface area (Å²) in [4.78, 5) is 12.4. The van der Waals surface area contributed by atoms with Crippen LogP contribution in [0.5, 0.6) is 5.75 Å². The number of methoxy groups -OCH3 is 1. The summed E-state index contributed by atoms with van der Waals surface area (Å²) in [5.74, 6) is 1.16. The third kappa shape index (κ3) is 2.56. The maximum absolute atomic E-state index is 12.4. The maximum atomic E-state index is 12.4. The molecule has 2 rings (SSSR count). The fourth-order valence-electron chi connectivity index (χ4n) is 2.40. The van der Waals surface area contributed by atoms with Crippen LogP contribution in [0.15, 0.2) is 6.20 Å². The Balaban J connectivity index is 2.19. The van der Waals surface area contributed by atoms with E-state index in [2.05, 4.69) is 10.4 Å². The van der Waals surface area contributed by atoms with Crippen LogP contribution in [-0.4, -0.2) is 35.8 Å². The number of ketones is 1. The van der Waals surface area contributed by atoms with Gasteiger partial charge in [0, 0.05) is 12.5 Å². The number of hydrogen-bond donors (Lipinski definition) is 1. The monoisotopic (exact) mass is 251 g/mol. The first-order valence-corrected chi connectivity index (χ1v) is 6.49. The predicted octanol–water partition coefficient (Wildman–Crippen LogP) is 1.65. The lowest BCUT2D eigenvalue weighted by atomic mass is 10.00. The second kappa shape index (κ2) is 5.52. The minimum atomic E-state index is 0.131. The van der Waals surface area contributed by atoms with E-state index >= 15 is 0 Å². The maximum Gasteiger partial charge on any atom is 0.185 e. The van der Waals surface area contributed by atoms with E-state index in [1.807, 2.05) is 13.8 Å². The van der Waals surface area contributed by atoms with Gasteiger partial charge in [0.15, 0.2) is 11.5 Å². The van der Waals surface area contributed by atoms with Gasteiger partial charge in [0.2, 0.25) is 0 Å². The van der Waals surface area contributed by atoms with Crippen molar-refractivity contribution in [3.63, 3.8) is 0 Å². The van der Waals surface area contributed by atoms with Crippen molar-refractivity contribution in [3.05, 3.63) is 11.9 Å². The highest BCUT2D eigenvalue weighted by atomic mass is 16.5. The van der Waals surface area contributed by atoms with Crippen LogP contribution < -0.4 is 10.1 Å². The van der Waals surface area contributed by atoms with E-state index < -0.39 is 0 Å². The smallest absolute Gasteiger partial charge is 0.185 e. The van der Waals surface area contributed by atoms with E-state index in [1.165, 1.54) is 0 Å². The summed E-state index contributed by atoms with van der Waals surface area (Å²) in [5, 5.41) is 7.52. The second-order valence-corrected chi connectivity index (χ2v) is 5.09. The summed E-state index contributed by atoms with van der Waals surface area (Å²) in [7, 11) is 1.58. The summed E-state index contributed by atoms with van der Waals surface area (Å²) >= 11 is 0. The Morgan fingerprint density at radius 3 is 3.00 bits per heavy atom. The first kappa shape index (κ1) is 13.1. The number of rotatable bonds is 5. The highest BCUT2D eigenvalue weighted by molar-refractivity contribution is 5.97. The third-order valence-corrected chi connectivity index (χ3v) is 3.37. The van der Waals surface area contributed by atoms with Gasteiger partial charge in [0.25, 0.3) is 0 Å². The van der Waals surface area contributed by atoms with E-state index in [1.54, 1.807) is 18.0 Å². The van der Waals surface area contributed by atoms with Crippen LogP contribution in [0.1, 0.15) is 43.2 Å². The van der Waals surface area contributed by atoms with Crippen LogP contribution in [0.2, 0.25) is 0 Å². The molecule has 1 aromatic heterocycles. The molecule has 2 heterocycles. The van der Waals surface area contributed by atoms with Gasteiger partial charge in [-0.05, 0) is 39.3 Å². The molecule has 1 atom stereocenters. The number of carbonyl (C=O) groups is 1. The zero-order valence-corrected chi connectivity index (χ0v) is 11.3. The molecule has 0 spiro atoms. The van der Waals surface area contributed by atoms with Crippen molar-refractivity contribution in [2.75, 3.05) is 20.2 Å². The Bertz CT molecular complexity index is 420. The summed E-state index contributed by atoms with van der Waals surface area (Å²) in [6, 6.07) is 0.162. The lowest BCUT2D eigenvalue weighted by Gasteiger charge is -2.13. The molecular formula is C13H21N3O2. The molecular weight excluding hydrogens is 230 g/mol. The molecule has 1 fully saturated rings. The number of hydrogen-bond acceptors (Lipinski definition) is 4. The van der Waals surface area contributed by atoms with Crippen molar-refractivity contribution >= 4 is 5.78 Å². The molecule has 0 aromatic carbocycles. The van der Waals surface area contributed by atoms with Crippen molar-refractivity contribution < 1.29 is 9.53 Å². The van der Waals surface area contributed by atoms with Gasteiger partial charge in [-0.15, -0.1) is 0 Å². The van der Waals surface area contributed by atoms with Crippen molar-refractivity contribution in [1.29, 1.82) is 0 Å². The molecule has 5 heteroatoms. The standard InChI is InChI=1S/C13H21N3O2/c1-9(2)16-13(12(18-3)8-15-16)11(17)6-10-4-5-14-7-10/h8-10,14H,4-7H2,1-3H3. The summed E-state index contributed by atoms with van der Waals surface area (Å²) in [6.07, 6.45) is 3.27. The Morgan fingerprint density at radius 1 is 1.67 bits per heavy atom. The van der Waals surface area contributed by atoms with Gasteiger partial charge in [0.1, 0.15) is 5.69 Å². The van der Waals surface area contributed by atoms with E-state index in [9.17, 15) is 4.79 Å². The van der Waals surface area contributed by atoms with Gasteiger partial charge in [-0.3, -0.25) is 9.48 Å². The average Bonchev–Trinajstić information content (AvgIpc) is 2.95. The average molecular weight is 251 g/mol. The van der Waals surface area contributed by atoms with E-state index in [4.69, 9.17) is 4.74 Å². The van der Waals surface area contributed by atoms with Gasteiger partial charge in [-0.2, -0.15) is 5.10 Å². The molecule has 100 valence electrons. The summed E-state index contributed by atoms with van der Waals surface area (Å²) in [5.41, 5.74) is 0.611. The SMILES string of the molecule is COc1cnn(C(C)C)c1C(=O)CC1CCNC1. The molecule has 5 nitrogen and oxygen atoms in total. The molecule has 18 heavy (non-hydrogen) atoms. The molecule has 0 amide bonds. The molecule has 1 aliphatic heterocycles. The number of ether oxygens (including phenoxy) is 1. The third-order valence-electron chi connectivity index (χ3n) is 3.37. The molecule has 0 aliphatic carbocycles. The Kier molecular flexibility index (Phi) is 4.01.